The molecule has 0 aromatic carbocycles. The van der Waals surface area contributed by atoms with E-state index in [0.717, 1.165) is 12.8 Å². The lowest BCUT2D eigenvalue weighted by Crippen LogP contribution is -2.54. The maximum Gasteiger partial charge on any atom is 0.0205 e. The van der Waals surface area contributed by atoms with E-state index in [0.29, 0.717) is 5.41 Å². The molecule has 0 aromatic rings. The van der Waals surface area contributed by atoms with Crippen LogP contribution in [0.2, 0.25) is 0 Å². The zero-order chi connectivity index (χ0) is 11.9. The third-order valence-electron chi connectivity index (χ3n) is 4.68. The summed E-state index contributed by atoms with van der Waals surface area (Å²) in [6.45, 7) is 11.4. The van der Waals surface area contributed by atoms with Crippen LogP contribution >= 0.6 is 24.0 Å². The van der Waals surface area contributed by atoms with Crippen molar-refractivity contribution in [2.75, 3.05) is 0 Å². The lowest BCUT2D eigenvalue weighted by molar-refractivity contribution is 0.0808. The highest BCUT2D eigenvalue weighted by Gasteiger charge is 2.42. The predicted octanol–water partition coefficient (Wildman–Crippen LogP) is 5.12. The van der Waals surface area contributed by atoms with Gasteiger partial charge in [-0.1, -0.05) is 47.5 Å². The van der Waals surface area contributed by atoms with Gasteiger partial charge in [0.25, 0.3) is 0 Å². The molecular weight excluding hydrogens is 309 g/mol. The van der Waals surface area contributed by atoms with Crippen molar-refractivity contribution in [3.63, 3.8) is 0 Å². The van der Waals surface area contributed by atoms with E-state index < -0.39 is 0 Å². The zero-order valence-electron chi connectivity index (χ0n) is 11.9. The SMILES string of the molecule is CCCCC(CC)(CC)C(N)(CC)CC.I. The van der Waals surface area contributed by atoms with E-state index in [9.17, 15) is 0 Å². The van der Waals surface area contributed by atoms with E-state index in [2.05, 4.69) is 34.6 Å². The third-order valence-corrected chi connectivity index (χ3v) is 4.68. The Hall–Kier alpha value is 0.690. The van der Waals surface area contributed by atoms with Crippen LogP contribution in [0, 0.1) is 5.41 Å². The third kappa shape index (κ3) is 3.86. The normalized spacial score (nSPS) is 12.4. The number of nitrogens with two attached hydrogens (primary N) is 1. The van der Waals surface area contributed by atoms with Gasteiger partial charge in [-0.2, -0.15) is 0 Å². The average Bonchev–Trinajstić information content (AvgIpc) is 2.30. The summed E-state index contributed by atoms with van der Waals surface area (Å²) < 4.78 is 0. The van der Waals surface area contributed by atoms with Gasteiger partial charge in [0.1, 0.15) is 0 Å². The molecule has 0 aliphatic heterocycles. The molecule has 16 heavy (non-hydrogen) atoms. The fourth-order valence-corrected chi connectivity index (χ4v) is 3.07. The zero-order valence-corrected chi connectivity index (χ0v) is 14.3. The Labute approximate surface area is 120 Å². The fourth-order valence-electron chi connectivity index (χ4n) is 3.07. The second kappa shape index (κ2) is 8.73. The molecule has 0 saturated carbocycles. The summed E-state index contributed by atoms with van der Waals surface area (Å²) in [5, 5.41) is 0. The number of hydrogen-bond acceptors (Lipinski definition) is 1. The summed E-state index contributed by atoms with van der Waals surface area (Å²) in [5.74, 6) is 0. The largest absolute Gasteiger partial charge is 0.325 e. The van der Waals surface area contributed by atoms with Crippen LogP contribution in [-0.2, 0) is 0 Å². The van der Waals surface area contributed by atoms with Gasteiger partial charge in [0.2, 0.25) is 0 Å². The maximum atomic E-state index is 6.64. The summed E-state index contributed by atoms with van der Waals surface area (Å²) in [5.41, 5.74) is 7.05. The van der Waals surface area contributed by atoms with E-state index in [4.69, 9.17) is 5.73 Å². The van der Waals surface area contributed by atoms with Crippen molar-refractivity contribution in [3.8, 4) is 0 Å². The highest BCUT2D eigenvalue weighted by atomic mass is 127. The topological polar surface area (TPSA) is 26.0 Å². The highest BCUT2D eigenvalue weighted by Crippen LogP contribution is 2.45. The molecule has 0 rings (SSSR count). The van der Waals surface area contributed by atoms with Crippen molar-refractivity contribution >= 4 is 24.0 Å². The van der Waals surface area contributed by atoms with Crippen molar-refractivity contribution in [1.29, 1.82) is 0 Å². The van der Waals surface area contributed by atoms with Gasteiger partial charge < -0.3 is 5.73 Å². The average molecular weight is 341 g/mol. The van der Waals surface area contributed by atoms with E-state index >= 15 is 0 Å². The van der Waals surface area contributed by atoms with Gasteiger partial charge in [0, 0.05) is 5.54 Å². The van der Waals surface area contributed by atoms with Crippen LogP contribution in [0.15, 0.2) is 0 Å². The van der Waals surface area contributed by atoms with E-state index in [1.54, 1.807) is 0 Å². The van der Waals surface area contributed by atoms with Crippen LogP contribution in [0.4, 0.5) is 0 Å². The lowest BCUT2D eigenvalue weighted by atomic mass is 9.61. The van der Waals surface area contributed by atoms with Crippen LogP contribution in [0.1, 0.15) is 79.6 Å². The van der Waals surface area contributed by atoms with Gasteiger partial charge in [0.05, 0.1) is 0 Å². The Balaban J connectivity index is 0. The Morgan fingerprint density at radius 3 is 1.50 bits per heavy atom. The van der Waals surface area contributed by atoms with Gasteiger partial charge in [-0.25, -0.2) is 0 Å². The number of halogens is 1. The first-order valence-corrected chi connectivity index (χ1v) is 6.84. The van der Waals surface area contributed by atoms with Gasteiger partial charge in [-0.15, -0.1) is 24.0 Å². The first kappa shape index (κ1) is 19.0. The molecular formula is C14H32IN. The maximum absolute atomic E-state index is 6.64. The number of unbranched alkanes of at least 4 members (excludes halogenated alkanes) is 1. The van der Waals surface area contributed by atoms with Gasteiger partial charge in [-0.3, -0.25) is 0 Å². The molecule has 100 valence electrons. The monoisotopic (exact) mass is 341 g/mol. The van der Waals surface area contributed by atoms with E-state index in [1.165, 1.54) is 32.1 Å². The van der Waals surface area contributed by atoms with Crippen LogP contribution in [0.3, 0.4) is 0 Å². The molecule has 2 N–H and O–H groups in total. The standard InChI is InChI=1S/C14H31N.HI/c1-6-11-12-13(7-2,8-3)14(15,9-4)10-5;/h6-12,15H2,1-5H3;1H. The van der Waals surface area contributed by atoms with E-state index in [1.807, 2.05) is 0 Å². The van der Waals surface area contributed by atoms with Crippen LogP contribution in [0.5, 0.6) is 0 Å². The summed E-state index contributed by atoms with van der Waals surface area (Å²) in [7, 11) is 0. The molecule has 0 atom stereocenters. The van der Waals surface area contributed by atoms with Crippen molar-refractivity contribution in [3.05, 3.63) is 0 Å². The summed E-state index contributed by atoms with van der Waals surface area (Å²) in [4.78, 5) is 0. The second-order valence-electron chi connectivity index (χ2n) is 4.95. The smallest absolute Gasteiger partial charge is 0.0205 e. The summed E-state index contributed by atoms with van der Waals surface area (Å²) >= 11 is 0. The Bertz CT molecular complexity index is 160. The summed E-state index contributed by atoms with van der Waals surface area (Å²) in [6, 6.07) is 0. The molecule has 0 fully saturated rings. The molecule has 1 nitrogen and oxygen atoms in total. The first-order chi connectivity index (χ1) is 7.05. The molecule has 0 aliphatic rings. The minimum Gasteiger partial charge on any atom is -0.325 e. The quantitative estimate of drug-likeness (QED) is 0.610. The second-order valence-corrected chi connectivity index (χ2v) is 4.95. The molecule has 0 amide bonds. The molecule has 0 radical (unpaired) electrons. The van der Waals surface area contributed by atoms with Gasteiger partial charge in [-0.05, 0) is 37.5 Å². The molecule has 0 saturated heterocycles. The van der Waals surface area contributed by atoms with Crippen molar-refractivity contribution in [2.45, 2.75) is 85.1 Å². The van der Waals surface area contributed by atoms with Crippen LogP contribution in [0.25, 0.3) is 0 Å². The van der Waals surface area contributed by atoms with Crippen molar-refractivity contribution in [2.24, 2.45) is 11.1 Å². The molecule has 0 unspecified atom stereocenters. The Kier molecular flexibility index (Phi) is 10.4. The summed E-state index contributed by atoms with van der Waals surface area (Å²) in [6.07, 6.45) is 8.56. The van der Waals surface area contributed by atoms with Gasteiger partial charge >= 0.3 is 0 Å². The number of rotatable bonds is 8. The van der Waals surface area contributed by atoms with Crippen molar-refractivity contribution in [1.82, 2.24) is 0 Å². The molecule has 0 heterocycles. The molecule has 0 spiro atoms. The van der Waals surface area contributed by atoms with E-state index in [-0.39, 0.29) is 29.5 Å². The Morgan fingerprint density at radius 1 is 0.812 bits per heavy atom. The predicted molar refractivity (Wildman–Crippen MR) is 85.5 cm³/mol. The molecule has 0 aromatic heterocycles. The van der Waals surface area contributed by atoms with Crippen LogP contribution in [-0.4, -0.2) is 5.54 Å². The first-order valence-electron chi connectivity index (χ1n) is 6.84. The molecule has 0 bridgehead atoms. The molecule has 0 aliphatic carbocycles. The minimum absolute atomic E-state index is 0. The molecule has 2 heteroatoms. The highest BCUT2D eigenvalue weighted by molar-refractivity contribution is 14.0. The van der Waals surface area contributed by atoms with Crippen molar-refractivity contribution < 1.29 is 0 Å². The Morgan fingerprint density at radius 2 is 1.25 bits per heavy atom. The number of hydrogen-bond donors (Lipinski definition) is 1. The fraction of sp³-hybridized carbons (Fsp3) is 1.00. The lowest BCUT2D eigenvalue weighted by Gasteiger charge is -2.48. The van der Waals surface area contributed by atoms with Crippen LogP contribution < -0.4 is 5.73 Å². The minimum atomic E-state index is 0. The van der Waals surface area contributed by atoms with Gasteiger partial charge in [0.15, 0.2) is 0 Å².